The fraction of sp³-hybridized carbons (Fsp3) is 0.900. The SMILES string of the molecule is CCSCCC(=O)N1CCCCC1. The van der Waals surface area contributed by atoms with Crippen molar-refractivity contribution in [2.24, 2.45) is 0 Å². The van der Waals surface area contributed by atoms with Gasteiger partial charge in [-0.05, 0) is 25.0 Å². The zero-order valence-electron chi connectivity index (χ0n) is 8.42. The van der Waals surface area contributed by atoms with Crippen molar-refractivity contribution in [2.75, 3.05) is 24.6 Å². The van der Waals surface area contributed by atoms with E-state index in [0.717, 1.165) is 31.0 Å². The lowest BCUT2D eigenvalue weighted by Gasteiger charge is -2.26. The molecular formula is C10H19NOS. The number of thioether (sulfide) groups is 1. The maximum Gasteiger partial charge on any atom is 0.223 e. The number of likely N-dealkylation sites (tertiary alicyclic amines) is 1. The maximum absolute atomic E-state index is 11.6. The third-order valence-corrected chi connectivity index (χ3v) is 3.27. The lowest BCUT2D eigenvalue weighted by Crippen LogP contribution is -2.35. The van der Waals surface area contributed by atoms with Gasteiger partial charge in [-0.25, -0.2) is 0 Å². The maximum atomic E-state index is 11.6. The molecule has 0 aromatic heterocycles. The predicted octanol–water partition coefficient (Wildman–Crippen LogP) is 2.14. The minimum Gasteiger partial charge on any atom is -0.343 e. The van der Waals surface area contributed by atoms with Crippen molar-refractivity contribution < 1.29 is 4.79 Å². The molecule has 0 aromatic carbocycles. The molecule has 1 aliphatic heterocycles. The summed E-state index contributed by atoms with van der Waals surface area (Å²) in [5.74, 6) is 2.47. The second kappa shape index (κ2) is 6.30. The molecule has 2 nitrogen and oxygen atoms in total. The van der Waals surface area contributed by atoms with E-state index in [9.17, 15) is 4.79 Å². The molecule has 76 valence electrons. The molecule has 3 heteroatoms. The van der Waals surface area contributed by atoms with E-state index >= 15 is 0 Å². The first-order valence-electron chi connectivity index (χ1n) is 5.20. The largest absolute Gasteiger partial charge is 0.343 e. The van der Waals surface area contributed by atoms with E-state index < -0.39 is 0 Å². The average molecular weight is 201 g/mol. The van der Waals surface area contributed by atoms with Crippen LogP contribution < -0.4 is 0 Å². The third kappa shape index (κ3) is 4.03. The Morgan fingerprint density at radius 2 is 2.00 bits per heavy atom. The second-order valence-corrected chi connectivity index (χ2v) is 4.78. The van der Waals surface area contributed by atoms with Gasteiger partial charge in [-0.1, -0.05) is 6.92 Å². The van der Waals surface area contributed by atoms with Crippen LogP contribution in [0.1, 0.15) is 32.6 Å². The minimum absolute atomic E-state index is 0.362. The van der Waals surface area contributed by atoms with E-state index in [0.29, 0.717) is 5.91 Å². The Bertz CT molecular complexity index is 155. The summed E-state index contributed by atoms with van der Waals surface area (Å²) >= 11 is 1.85. The zero-order chi connectivity index (χ0) is 9.52. The average Bonchev–Trinajstić information content (AvgIpc) is 2.19. The van der Waals surface area contributed by atoms with Crippen molar-refractivity contribution >= 4 is 17.7 Å². The van der Waals surface area contributed by atoms with Crippen molar-refractivity contribution in [2.45, 2.75) is 32.6 Å². The lowest BCUT2D eigenvalue weighted by atomic mass is 10.1. The van der Waals surface area contributed by atoms with Crippen molar-refractivity contribution in [3.63, 3.8) is 0 Å². The highest BCUT2D eigenvalue weighted by molar-refractivity contribution is 7.99. The van der Waals surface area contributed by atoms with Crippen LogP contribution >= 0.6 is 11.8 Å². The number of rotatable bonds is 4. The summed E-state index contributed by atoms with van der Waals surface area (Å²) in [4.78, 5) is 13.6. The topological polar surface area (TPSA) is 20.3 Å². The minimum atomic E-state index is 0.362. The van der Waals surface area contributed by atoms with Crippen LogP contribution in [0.3, 0.4) is 0 Å². The molecule has 13 heavy (non-hydrogen) atoms. The van der Waals surface area contributed by atoms with Crippen LogP contribution in [0.4, 0.5) is 0 Å². The summed E-state index contributed by atoms with van der Waals surface area (Å²) in [6.07, 6.45) is 4.44. The standard InChI is InChI=1S/C10H19NOS/c1-2-13-9-6-10(12)11-7-4-3-5-8-11/h2-9H2,1H3. The first-order chi connectivity index (χ1) is 6.34. The van der Waals surface area contributed by atoms with Gasteiger partial charge in [-0.2, -0.15) is 11.8 Å². The molecule has 0 aliphatic carbocycles. The molecule has 1 heterocycles. The number of piperidine rings is 1. The van der Waals surface area contributed by atoms with Crippen molar-refractivity contribution in [1.29, 1.82) is 0 Å². The Kier molecular flexibility index (Phi) is 5.28. The number of hydrogen-bond acceptors (Lipinski definition) is 2. The Labute approximate surface area is 85.1 Å². The molecule has 1 amide bonds. The summed E-state index contributed by atoms with van der Waals surface area (Å²) in [5, 5.41) is 0. The molecule has 1 rings (SSSR count). The summed E-state index contributed by atoms with van der Waals surface area (Å²) in [6, 6.07) is 0. The molecule has 1 saturated heterocycles. The third-order valence-electron chi connectivity index (χ3n) is 2.37. The molecule has 1 fully saturated rings. The van der Waals surface area contributed by atoms with Crippen LogP contribution in [0.5, 0.6) is 0 Å². The lowest BCUT2D eigenvalue weighted by molar-refractivity contribution is -0.131. The molecular weight excluding hydrogens is 182 g/mol. The highest BCUT2D eigenvalue weighted by Crippen LogP contribution is 2.11. The molecule has 0 saturated carbocycles. The van der Waals surface area contributed by atoms with Crippen molar-refractivity contribution in [1.82, 2.24) is 4.90 Å². The Balaban J connectivity index is 2.13. The number of carbonyl (C=O) groups excluding carboxylic acids is 1. The summed E-state index contributed by atoms with van der Waals surface area (Å²) in [7, 11) is 0. The summed E-state index contributed by atoms with van der Waals surface area (Å²) in [5.41, 5.74) is 0. The smallest absolute Gasteiger partial charge is 0.223 e. The Morgan fingerprint density at radius 1 is 1.31 bits per heavy atom. The summed E-state index contributed by atoms with van der Waals surface area (Å²) in [6.45, 7) is 4.13. The highest BCUT2D eigenvalue weighted by Gasteiger charge is 2.15. The van der Waals surface area contributed by atoms with Gasteiger partial charge >= 0.3 is 0 Å². The number of carbonyl (C=O) groups is 1. The van der Waals surface area contributed by atoms with E-state index in [1.54, 1.807) is 0 Å². The Morgan fingerprint density at radius 3 is 2.62 bits per heavy atom. The molecule has 1 aliphatic rings. The fourth-order valence-corrected chi connectivity index (χ4v) is 2.21. The van der Waals surface area contributed by atoms with Crippen LogP contribution in [-0.4, -0.2) is 35.4 Å². The molecule has 0 unspecified atom stereocenters. The molecule has 0 atom stereocenters. The van der Waals surface area contributed by atoms with Crippen LogP contribution in [-0.2, 0) is 4.79 Å². The van der Waals surface area contributed by atoms with E-state index in [2.05, 4.69) is 6.92 Å². The monoisotopic (exact) mass is 201 g/mol. The fourth-order valence-electron chi connectivity index (χ4n) is 1.61. The van der Waals surface area contributed by atoms with E-state index in [1.165, 1.54) is 19.3 Å². The molecule has 0 radical (unpaired) electrons. The first-order valence-corrected chi connectivity index (χ1v) is 6.35. The van der Waals surface area contributed by atoms with Gasteiger partial charge in [-0.3, -0.25) is 4.79 Å². The van der Waals surface area contributed by atoms with Gasteiger partial charge in [0.05, 0.1) is 0 Å². The highest BCUT2D eigenvalue weighted by atomic mass is 32.2. The van der Waals surface area contributed by atoms with Crippen LogP contribution in [0.2, 0.25) is 0 Å². The quantitative estimate of drug-likeness (QED) is 0.650. The number of nitrogens with zero attached hydrogens (tertiary/aromatic N) is 1. The van der Waals surface area contributed by atoms with Gasteiger partial charge < -0.3 is 4.90 Å². The van der Waals surface area contributed by atoms with Crippen LogP contribution in [0.15, 0.2) is 0 Å². The van der Waals surface area contributed by atoms with Crippen LogP contribution in [0, 0.1) is 0 Å². The molecule has 0 aromatic rings. The Hall–Kier alpha value is -0.180. The molecule has 0 spiro atoms. The molecule has 0 bridgehead atoms. The second-order valence-electron chi connectivity index (χ2n) is 3.39. The van der Waals surface area contributed by atoms with E-state index in [1.807, 2.05) is 16.7 Å². The number of hydrogen-bond donors (Lipinski definition) is 0. The van der Waals surface area contributed by atoms with Gasteiger partial charge in [0.2, 0.25) is 5.91 Å². The van der Waals surface area contributed by atoms with Gasteiger partial charge in [0.15, 0.2) is 0 Å². The predicted molar refractivity (Wildman–Crippen MR) is 58.0 cm³/mol. The first kappa shape index (κ1) is 10.9. The molecule has 0 N–H and O–H groups in total. The van der Waals surface area contributed by atoms with E-state index in [-0.39, 0.29) is 0 Å². The van der Waals surface area contributed by atoms with Gasteiger partial charge in [0.1, 0.15) is 0 Å². The zero-order valence-corrected chi connectivity index (χ0v) is 9.24. The van der Waals surface area contributed by atoms with Crippen LogP contribution in [0.25, 0.3) is 0 Å². The van der Waals surface area contributed by atoms with Crippen molar-refractivity contribution in [3.05, 3.63) is 0 Å². The normalized spacial score (nSPS) is 17.5. The van der Waals surface area contributed by atoms with Gasteiger partial charge in [0, 0.05) is 25.3 Å². The summed E-state index contributed by atoms with van der Waals surface area (Å²) < 4.78 is 0. The number of amides is 1. The van der Waals surface area contributed by atoms with Crippen molar-refractivity contribution in [3.8, 4) is 0 Å². The van der Waals surface area contributed by atoms with Gasteiger partial charge in [0.25, 0.3) is 0 Å². The van der Waals surface area contributed by atoms with Gasteiger partial charge in [-0.15, -0.1) is 0 Å². The van der Waals surface area contributed by atoms with E-state index in [4.69, 9.17) is 0 Å².